The number of nitrogens with one attached hydrogen (secondary N) is 1. The number of nitrogens with two attached hydrogens (primary N) is 1. The van der Waals surface area contributed by atoms with Crippen molar-refractivity contribution in [2.75, 3.05) is 13.1 Å². The van der Waals surface area contributed by atoms with Gasteiger partial charge >= 0.3 is 0 Å². The molecule has 0 heterocycles. The molecule has 0 bridgehead atoms. The fourth-order valence-corrected chi connectivity index (χ4v) is 2.58. The molecule has 1 saturated carbocycles. The van der Waals surface area contributed by atoms with E-state index in [0.29, 0.717) is 17.4 Å². The smallest absolute Gasteiger partial charge is 0.0229 e. The summed E-state index contributed by atoms with van der Waals surface area (Å²) in [6, 6.07) is 0.303. The Balaban J connectivity index is 1.65. The Bertz CT molecular complexity index is 241. The van der Waals surface area contributed by atoms with E-state index in [1.807, 2.05) is 0 Å². The second-order valence-corrected chi connectivity index (χ2v) is 5.69. The highest BCUT2D eigenvalue weighted by Gasteiger charge is 2.44. The zero-order valence-electron chi connectivity index (χ0n) is 10.00. The molecule has 0 radical (unpaired) electrons. The standard InChI is InChI=1S/C13H24N2/c1-10(2)13(5-6-13)9-15-8-11-3-4-12(14)7-11/h3-4,10-12,15H,5-9,14H2,1-2H3. The lowest BCUT2D eigenvalue weighted by molar-refractivity contribution is 0.331. The van der Waals surface area contributed by atoms with E-state index in [4.69, 9.17) is 5.73 Å². The van der Waals surface area contributed by atoms with Crippen LogP contribution in [0.5, 0.6) is 0 Å². The van der Waals surface area contributed by atoms with Gasteiger partial charge in [-0.1, -0.05) is 26.0 Å². The Hall–Kier alpha value is -0.340. The third-order valence-corrected chi connectivity index (χ3v) is 4.21. The van der Waals surface area contributed by atoms with Gasteiger partial charge in [-0.3, -0.25) is 0 Å². The highest BCUT2D eigenvalue weighted by molar-refractivity contribution is 5.05. The molecule has 15 heavy (non-hydrogen) atoms. The van der Waals surface area contributed by atoms with Gasteiger partial charge in [-0.05, 0) is 36.5 Å². The first-order valence-electron chi connectivity index (χ1n) is 6.27. The number of rotatable bonds is 5. The summed E-state index contributed by atoms with van der Waals surface area (Å²) >= 11 is 0. The summed E-state index contributed by atoms with van der Waals surface area (Å²) in [4.78, 5) is 0. The summed E-state index contributed by atoms with van der Waals surface area (Å²) in [7, 11) is 0. The van der Waals surface area contributed by atoms with E-state index in [2.05, 4.69) is 31.3 Å². The Labute approximate surface area is 93.3 Å². The van der Waals surface area contributed by atoms with Crippen LogP contribution in [0.25, 0.3) is 0 Å². The monoisotopic (exact) mass is 208 g/mol. The van der Waals surface area contributed by atoms with E-state index in [1.165, 1.54) is 19.4 Å². The quantitative estimate of drug-likeness (QED) is 0.677. The molecule has 0 aromatic carbocycles. The molecule has 0 saturated heterocycles. The van der Waals surface area contributed by atoms with Crippen LogP contribution in [0, 0.1) is 17.3 Å². The van der Waals surface area contributed by atoms with Gasteiger partial charge in [0.25, 0.3) is 0 Å². The summed E-state index contributed by atoms with van der Waals surface area (Å²) in [5, 5.41) is 3.63. The minimum Gasteiger partial charge on any atom is -0.324 e. The Kier molecular flexibility index (Phi) is 3.17. The summed E-state index contributed by atoms with van der Waals surface area (Å²) < 4.78 is 0. The molecule has 2 rings (SSSR count). The summed E-state index contributed by atoms with van der Waals surface area (Å²) in [5.41, 5.74) is 6.46. The molecule has 2 unspecified atom stereocenters. The van der Waals surface area contributed by atoms with E-state index in [0.717, 1.165) is 18.9 Å². The largest absolute Gasteiger partial charge is 0.324 e. The molecule has 2 aliphatic rings. The predicted molar refractivity (Wildman–Crippen MR) is 64.6 cm³/mol. The van der Waals surface area contributed by atoms with Crippen molar-refractivity contribution in [3.8, 4) is 0 Å². The molecule has 3 N–H and O–H groups in total. The van der Waals surface area contributed by atoms with Crippen LogP contribution in [-0.2, 0) is 0 Å². The molecule has 2 heteroatoms. The van der Waals surface area contributed by atoms with Crippen molar-refractivity contribution in [2.24, 2.45) is 23.0 Å². The number of hydrogen-bond donors (Lipinski definition) is 2. The van der Waals surface area contributed by atoms with E-state index in [9.17, 15) is 0 Å². The van der Waals surface area contributed by atoms with Gasteiger partial charge in [0.2, 0.25) is 0 Å². The van der Waals surface area contributed by atoms with Crippen LogP contribution in [0.1, 0.15) is 33.1 Å². The number of hydrogen-bond acceptors (Lipinski definition) is 2. The fourth-order valence-electron chi connectivity index (χ4n) is 2.58. The maximum absolute atomic E-state index is 5.83. The molecule has 86 valence electrons. The van der Waals surface area contributed by atoms with Crippen molar-refractivity contribution in [1.29, 1.82) is 0 Å². The first-order chi connectivity index (χ1) is 7.12. The first kappa shape index (κ1) is 11.2. The average molecular weight is 208 g/mol. The van der Waals surface area contributed by atoms with Gasteiger partial charge in [0.1, 0.15) is 0 Å². The van der Waals surface area contributed by atoms with E-state index < -0.39 is 0 Å². The fraction of sp³-hybridized carbons (Fsp3) is 0.846. The second kappa shape index (κ2) is 4.26. The first-order valence-corrected chi connectivity index (χ1v) is 6.27. The molecule has 0 aromatic heterocycles. The lowest BCUT2D eigenvalue weighted by atomic mass is 9.92. The Morgan fingerprint density at radius 1 is 1.40 bits per heavy atom. The SMILES string of the molecule is CC(C)C1(CNCC2C=CC(N)C2)CC1. The Morgan fingerprint density at radius 3 is 2.60 bits per heavy atom. The summed E-state index contributed by atoms with van der Waals surface area (Å²) in [6.45, 7) is 7.00. The van der Waals surface area contributed by atoms with E-state index in [-0.39, 0.29) is 0 Å². The van der Waals surface area contributed by atoms with Gasteiger partial charge in [0, 0.05) is 19.1 Å². The molecular weight excluding hydrogens is 184 g/mol. The van der Waals surface area contributed by atoms with E-state index >= 15 is 0 Å². The molecular formula is C13H24N2. The summed E-state index contributed by atoms with van der Waals surface area (Å²) in [6.07, 6.45) is 8.37. The molecule has 0 aromatic rings. The molecule has 0 aliphatic heterocycles. The van der Waals surface area contributed by atoms with Crippen molar-refractivity contribution in [3.63, 3.8) is 0 Å². The molecule has 2 atom stereocenters. The van der Waals surface area contributed by atoms with Gasteiger partial charge in [-0.2, -0.15) is 0 Å². The zero-order valence-corrected chi connectivity index (χ0v) is 10.00. The Morgan fingerprint density at radius 2 is 2.13 bits per heavy atom. The lowest BCUT2D eigenvalue weighted by Crippen LogP contribution is -2.31. The van der Waals surface area contributed by atoms with Crippen molar-refractivity contribution in [2.45, 2.75) is 39.2 Å². The third kappa shape index (κ3) is 2.61. The maximum Gasteiger partial charge on any atom is 0.0229 e. The van der Waals surface area contributed by atoms with Crippen LogP contribution < -0.4 is 11.1 Å². The van der Waals surface area contributed by atoms with Crippen LogP contribution >= 0.6 is 0 Å². The van der Waals surface area contributed by atoms with Gasteiger partial charge in [0.05, 0.1) is 0 Å². The van der Waals surface area contributed by atoms with Crippen molar-refractivity contribution >= 4 is 0 Å². The maximum atomic E-state index is 5.83. The molecule has 2 aliphatic carbocycles. The topological polar surface area (TPSA) is 38.0 Å². The van der Waals surface area contributed by atoms with Crippen LogP contribution in [0.4, 0.5) is 0 Å². The van der Waals surface area contributed by atoms with Gasteiger partial charge in [-0.15, -0.1) is 0 Å². The second-order valence-electron chi connectivity index (χ2n) is 5.69. The summed E-state index contributed by atoms with van der Waals surface area (Å²) in [5.74, 6) is 1.49. The molecule has 1 fully saturated rings. The van der Waals surface area contributed by atoms with Crippen molar-refractivity contribution in [1.82, 2.24) is 5.32 Å². The highest BCUT2D eigenvalue weighted by Crippen LogP contribution is 2.51. The minimum absolute atomic E-state index is 0.303. The van der Waals surface area contributed by atoms with Gasteiger partial charge in [-0.25, -0.2) is 0 Å². The van der Waals surface area contributed by atoms with Gasteiger partial charge < -0.3 is 11.1 Å². The predicted octanol–water partition coefficient (Wildman–Crippen LogP) is 1.92. The lowest BCUT2D eigenvalue weighted by Gasteiger charge is -2.21. The van der Waals surface area contributed by atoms with Crippen LogP contribution in [0.15, 0.2) is 12.2 Å². The van der Waals surface area contributed by atoms with Gasteiger partial charge in [0.15, 0.2) is 0 Å². The van der Waals surface area contributed by atoms with Crippen molar-refractivity contribution < 1.29 is 0 Å². The zero-order chi connectivity index (χ0) is 10.9. The van der Waals surface area contributed by atoms with Crippen LogP contribution in [0.2, 0.25) is 0 Å². The molecule has 2 nitrogen and oxygen atoms in total. The minimum atomic E-state index is 0.303. The average Bonchev–Trinajstić information content (AvgIpc) is 2.86. The molecule has 0 spiro atoms. The molecule has 0 amide bonds. The van der Waals surface area contributed by atoms with E-state index in [1.54, 1.807) is 0 Å². The normalized spacial score (nSPS) is 32.5. The van der Waals surface area contributed by atoms with Crippen molar-refractivity contribution in [3.05, 3.63) is 12.2 Å². The third-order valence-electron chi connectivity index (χ3n) is 4.21. The highest BCUT2D eigenvalue weighted by atomic mass is 14.9. The van der Waals surface area contributed by atoms with Crippen LogP contribution in [0.3, 0.4) is 0 Å². The van der Waals surface area contributed by atoms with Crippen LogP contribution in [-0.4, -0.2) is 19.1 Å².